The number of nitrogens with zero attached hydrogens (tertiary/aromatic N) is 1. The number of nitrogens with one attached hydrogen (secondary N) is 2. The van der Waals surface area contributed by atoms with Crippen molar-refractivity contribution in [2.45, 2.75) is 12.5 Å². The van der Waals surface area contributed by atoms with E-state index < -0.39 is 0 Å². The summed E-state index contributed by atoms with van der Waals surface area (Å²) < 4.78 is 0. The largest absolute Gasteiger partial charge is 0.378 e. The normalized spacial score (nSPS) is 17.3. The summed E-state index contributed by atoms with van der Waals surface area (Å²) in [5, 5.41) is 5.69. The molecule has 3 aromatic rings. The lowest BCUT2D eigenvalue weighted by Gasteiger charge is -2.25. The molecule has 0 fully saturated rings. The molecule has 0 saturated heterocycles. The highest BCUT2D eigenvalue weighted by molar-refractivity contribution is 6.31. The molecule has 2 heterocycles. The van der Waals surface area contributed by atoms with Crippen molar-refractivity contribution in [1.82, 2.24) is 10.3 Å². The second-order valence-electron chi connectivity index (χ2n) is 6.33. The maximum absolute atomic E-state index is 6.18. The number of fused-ring (bicyclic) bond motifs is 3. The molecule has 0 aliphatic carbocycles. The first-order valence-electron chi connectivity index (χ1n) is 7.94. The van der Waals surface area contributed by atoms with E-state index in [-0.39, 0.29) is 6.04 Å². The Kier molecular flexibility index (Phi) is 3.55. The fourth-order valence-electron chi connectivity index (χ4n) is 3.45. The molecule has 118 valence electrons. The minimum atomic E-state index is 0.209. The number of aromatic amines is 1. The molecule has 0 amide bonds. The number of benzene rings is 2. The predicted octanol–water partition coefficient (Wildman–Crippen LogP) is 4.12. The van der Waals surface area contributed by atoms with Crippen LogP contribution in [-0.4, -0.2) is 25.6 Å². The summed E-state index contributed by atoms with van der Waals surface area (Å²) in [4.78, 5) is 5.72. The van der Waals surface area contributed by atoms with Gasteiger partial charge in [0.1, 0.15) is 0 Å². The third-order valence-corrected chi connectivity index (χ3v) is 4.89. The van der Waals surface area contributed by atoms with Crippen molar-refractivity contribution in [3.63, 3.8) is 0 Å². The Hall–Kier alpha value is -1.97. The van der Waals surface area contributed by atoms with Gasteiger partial charge in [0.15, 0.2) is 0 Å². The first kappa shape index (κ1) is 14.6. The molecule has 2 N–H and O–H groups in total. The minimum Gasteiger partial charge on any atom is -0.378 e. The summed E-state index contributed by atoms with van der Waals surface area (Å²) in [5.74, 6) is 0. The Labute approximate surface area is 141 Å². The average molecular weight is 326 g/mol. The first-order valence-corrected chi connectivity index (χ1v) is 8.32. The molecular formula is C19H20ClN3. The van der Waals surface area contributed by atoms with Gasteiger partial charge in [0, 0.05) is 47.9 Å². The highest BCUT2D eigenvalue weighted by Crippen LogP contribution is 2.34. The van der Waals surface area contributed by atoms with Crippen molar-refractivity contribution in [1.29, 1.82) is 0 Å². The zero-order chi connectivity index (χ0) is 16.0. The van der Waals surface area contributed by atoms with Crippen molar-refractivity contribution in [2.24, 2.45) is 0 Å². The summed E-state index contributed by atoms with van der Waals surface area (Å²) in [6, 6.07) is 15.1. The van der Waals surface area contributed by atoms with Crippen LogP contribution in [0.1, 0.15) is 22.9 Å². The molecule has 1 aromatic heterocycles. The smallest absolute Gasteiger partial charge is 0.0732 e. The monoisotopic (exact) mass is 325 g/mol. The molecule has 0 bridgehead atoms. The molecule has 2 aromatic carbocycles. The van der Waals surface area contributed by atoms with E-state index >= 15 is 0 Å². The maximum Gasteiger partial charge on any atom is 0.0732 e. The van der Waals surface area contributed by atoms with Crippen LogP contribution in [0, 0.1) is 0 Å². The van der Waals surface area contributed by atoms with Crippen LogP contribution in [0.15, 0.2) is 42.5 Å². The highest BCUT2D eigenvalue weighted by Gasteiger charge is 2.25. The fraction of sp³-hybridized carbons (Fsp3) is 0.263. The second kappa shape index (κ2) is 5.59. The van der Waals surface area contributed by atoms with Gasteiger partial charge in [-0.2, -0.15) is 0 Å². The van der Waals surface area contributed by atoms with E-state index in [1.807, 2.05) is 6.07 Å². The molecule has 4 rings (SSSR count). The van der Waals surface area contributed by atoms with E-state index in [1.54, 1.807) is 0 Å². The van der Waals surface area contributed by atoms with Gasteiger partial charge in [0.25, 0.3) is 0 Å². The van der Waals surface area contributed by atoms with Crippen LogP contribution < -0.4 is 10.2 Å². The van der Waals surface area contributed by atoms with Crippen molar-refractivity contribution in [3.05, 3.63) is 64.3 Å². The Balaban J connectivity index is 1.79. The molecule has 1 atom stereocenters. The molecule has 1 aliphatic heterocycles. The summed E-state index contributed by atoms with van der Waals surface area (Å²) >= 11 is 6.18. The maximum atomic E-state index is 6.18. The number of H-pyrrole nitrogens is 1. The molecule has 1 aliphatic rings. The Morgan fingerprint density at radius 2 is 1.87 bits per heavy atom. The summed E-state index contributed by atoms with van der Waals surface area (Å²) in [6.07, 6.45) is 1.03. The number of halogens is 1. The van der Waals surface area contributed by atoms with Crippen LogP contribution in [0.2, 0.25) is 5.02 Å². The van der Waals surface area contributed by atoms with Crippen molar-refractivity contribution in [3.8, 4) is 0 Å². The van der Waals surface area contributed by atoms with E-state index in [2.05, 4.69) is 65.7 Å². The SMILES string of the molecule is CN(C)c1ccc(C2NCCc3c2[nH]c2ccc(Cl)cc32)cc1. The van der Waals surface area contributed by atoms with Crippen LogP contribution in [0.25, 0.3) is 10.9 Å². The molecule has 4 heteroatoms. The van der Waals surface area contributed by atoms with Crippen LogP contribution in [-0.2, 0) is 6.42 Å². The van der Waals surface area contributed by atoms with Gasteiger partial charge < -0.3 is 15.2 Å². The summed E-state index contributed by atoms with van der Waals surface area (Å²) in [6.45, 7) is 0.979. The highest BCUT2D eigenvalue weighted by atomic mass is 35.5. The summed E-state index contributed by atoms with van der Waals surface area (Å²) in [7, 11) is 4.13. The lowest BCUT2D eigenvalue weighted by Crippen LogP contribution is -2.30. The van der Waals surface area contributed by atoms with Gasteiger partial charge in [-0.1, -0.05) is 23.7 Å². The zero-order valence-electron chi connectivity index (χ0n) is 13.4. The van der Waals surface area contributed by atoms with Gasteiger partial charge in [-0.3, -0.25) is 0 Å². The standard InChI is InChI=1S/C19H20ClN3/c1-23(2)14-6-3-12(4-7-14)18-19-15(9-10-21-18)16-11-13(20)5-8-17(16)22-19/h3-8,11,18,21-22H,9-10H2,1-2H3. The molecule has 0 spiro atoms. The topological polar surface area (TPSA) is 31.1 Å². The van der Waals surface area contributed by atoms with Gasteiger partial charge in [0.05, 0.1) is 6.04 Å². The molecule has 0 saturated carbocycles. The average Bonchev–Trinajstić information content (AvgIpc) is 2.93. The summed E-state index contributed by atoms with van der Waals surface area (Å²) in [5.41, 5.74) is 6.33. The second-order valence-corrected chi connectivity index (χ2v) is 6.77. The van der Waals surface area contributed by atoms with E-state index in [0.29, 0.717) is 0 Å². The zero-order valence-corrected chi connectivity index (χ0v) is 14.1. The van der Waals surface area contributed by atoms with Crippen molar-refractivity contribution in [2.75, 3.05) is 25.5 Å². The fourth-order valence-corrected chi connectivity index (χ4v) is 3.62. The molecular weight excluding hydrogens is 306 g/mol. The quantitative estimate of drug-likeness (QED) is 0.742. The van der Waals surface area contributed by atoms with Crippen LogP contribution >= 0.6 is 11.6 Å². The number of hydrogen-bond donors (Lipinski definition) is 2. The van der Waals surface area contributed by atoms with Gasteiger partial charge in [-0.15, -0.1) is 0 Å². The van der Waals surface area contributed by atoms with Crippen molar-refractivity contribution < 1.29 is 0 Å². The van der Waals surface area contributed by atoms with E-state index in [1.165, 1.54) is 27.9 Å². The van der Waals surface area contributed by atoms with Crippen molar-refractivity contribution >= 4 is 28.2 Å². The van der Waals surface area contributed by atoms with Crippen LogP contribution in [0.4, 0.5) is 5.69 Å². The molecule has 0 radical (unpaired) electrons. The van der Waals surface area contributed by atoms with E-state index in [9.17, 15) is 0 Å². The third kappa shape index (κ3) is 2.50. The predicted molar refractivity (Wildman–Crippen MR) is 97.6 cm³/mol. The Morgan fingerprint density at radius 1 is 1.09 bits per heavy atom. The number of aromatic nitrogens is 1. The lowest BCUT2D eigenvalue weighted by atomic mass is 9.94. The first-order chi connectivity index (χ1) is 11.1. The molecule has 3 nitrogen and oxygen atoms in total. The molecule has 1 unspecified atom stereocenters. The van der Waals surface area contributed by atoms with Gasteiger partial charge >= 0.3 is 0 Å². The third-order valence-electron chi connectivity index (χ3n) is 4.66. The van der Waals surface area contributed by atoms with Gasteiger partial charge in [-0.05, 0) is 47.9 Å². The van der Waals surface area contributed by atoms with Gasteiger partial charge in [0.2, 0.25) is 0 Å². The van der Waals surface area contributed by atoms with E-state index in [0.717, 1.165) is 23.5 Å². The van der Waals surface area contributed by atoms with Crippen LogP contribution in [0.3, 0.4) is 0 Å². The number of hydrogen-bond acceptors (Lipinski definition) is 2. The lowest BCUT2D eigenvalue weighted by molar-refractivity contribution is 0.560. The van der Waals surface area contributed by atoms with Gasteiger partial charge in [-0.25, -0.2) is 0 Å². The minimum absolute atomic E-state index is 0.209. The number of anilines is 1. The Bertz CT molecular complexity index is 849. The number of rotatable bonds is 2. The Morgan fingerprint density at radius 3 is 2.61 bits per heavy atom. The van der Waals surface area contributed by atoms with E-state index in [4.69, 9.17) is 11.6 Å². The molecule has 23 heavy (non-hydrogen) atoms. The van der Waals surface area contributed by atoms with Crippen LogP contribution in [0.5, 0.6) is 0 Å².